The largest absolute Gasteiger partial charge is 0.396 e. The van der Waals surface area contributed by atoms with Gasteiger partial charge in [0.05, 0.1) is 5.71 Å². The molecule has 146 valence electrons. The molecule has 0 aromatic heterocycles. The van der Waals surface area contributed by atoms with Crippen LogP contribution >= 0.6 is 0 Å². The first kappa shape index (κ1) is 19.7. The standard InChI is InChI=1S/C22H29NO4/c1-6-16(23-27-7-2)20-17(25)10-22(11-18(20)26)9-15-8-12(3)19(14(5)24)13(4)21(15)22/h15,20H,6-11H2,1-5H3. The summed E-state index contributed by atoms with van der Waals surface area (Å²) in [6.45, 7) is 9.73. The minimum Gasteiger partial charge on any atom is -0.396 e. The molecule has 0 heterocycles. The van der Waals surface area contributed by atoms with Gasteiger partial charge in [-0.25, -0.2) is 0 Å². The van der Waals surface area contributed by atoms with Gasteiger partial charge in [-0.05, 0) is 58.4 Å². The minimum absolute atomic E-state index is 0.0547. The third-order valence-corrected chi connectivity index (χ3v) is 6.40. The van der Waals surface area contributed by atoms with Gasteiger partial charge in [-0.2, -0.15) is 0 Å². The summed E-state index contributed by atoms with van der Waals surface area (Å²) in [7, 11) is 0. The van der Waals surface area contributed by atoms with Gasteiger partial charge in [0.1, 0.15) is 24.1 Å². The number of ketones is 3. The number of Topliss-reactive ketones (excluding diaryl/α,β-unsaturated/α-hetero) is 3. The van der Waals surface area contributed by atoms with Crippen molar-refractivity contribution < 1.29 is 19.2 Å². The predicted molar refractivity (Wildman–Crippen MR) is 103 cm³/mol. The van der Waals surface area contributed by atoms with Crippen molar-refractivity contribution in [2.45, 2.75) is 66.7 Å². The Kier molecular flexibility index (Phi) is 5.24. The van der Waals surface area contributed by atoms with Gasteiger partial charge in [-0.15, -0.1) is 0 Å². The van der Waals surface area contributed by atoms with Gasteiger partial charge >= 0.3 is 0 Å². The van der Waals surface area contributed by atoms with E-state index in [1.807, 2.05) is 27.7 Å². The van der Waals surface area contributed by atoms with E-state index < -0.39 is 5.92 Å². The van der Waals surface area contributed by atoms with Crippen LogP contribution in [0.4, 0.5) is 0 Å². The quantitative estimate of drug-likeness (QED) is 0.416. The SMILES string of the molecule is CCON=C(CC)C1C(=O)CC2(CC1=O)CC1CC(C)=C(C(C)=O)C(C)=C12. The lowest BCUT2D eigenvalue weighted by Crippen LogP contribution is -2.52. The first-order valence-electron chi connectivity index (χ1n) is 9.92. The van der Waals surface area contributed by atoms with Crippen LogP contribution in [0.3, 0.4) is 0 Å². The Morgan fingerprint density at radius 1 is 1.19 bits per heavy atom. The Morgan fingerprint density at radius 2 is 1.81 bits per heavy atom. The molecule has 0 radical (unpaired) electrons. The topological polar surface area (TPSA) is 72.8 Å². The van der Waals surface area contributed by atoms with Crippen LogP contribution in [0.1, 0.15) is 66.7 Å². The highest BCUT2D eigenvalue weighted by Gasteiger charge is 2.57. The second-order valence-electron chi connectivity index (χ2n) is 8.21. The lowest BCUT2D eigenvalue weighted by atomic mass is 9.47. The van der Waals surface area contributed by atoms with E-state index in [0.29, 0.717) is 37.5 Å². The molecule has 1 spiro atoms. The maximum absolute atomic E-state index is 13.0. The molecule has 0 bridgehead atoms. The number of nitrogens with zero attached hydrogens (tertiary/aromatic N) is 1. The normalized spacial score (nSPS) is 31.2. The molecular formula is C22H29NO4. The highest BCUT2D eigenvalue weighted by molar-refractivity contribution is 6.22. The summed E-state index contributed by atoms with van der Waals surface area (Å²) in [5.74, 6) is -0.434. The van der Waals surface area contributed by atoms with Crippen molar-refractivity contribution in [3.63, 3.8) is 0 Å². The van der Waals surface area contributed by atoms with Crippen LogP contribution in [0.2, 0.25) is 0 Å². The second kappa shape index (κ2) is 7.17. The summed E-state index contributed by atoms with van der Waals surface area (Å²) in [5.41, 5.74) is 4.26. The number of carbonyl (C=O) groups excluding carboxylic acids is 3. The monoisotopic (exact) mass is 371 g/mol. The van der Waals surface area contributed by atoms with Gasteiger partial charge in [0.2, 0.25) is 0 Å². The van der Waals surface area contributed by atoms with Crippen molar-refractivity contribution in [2.75, 3.05) is 6.61 Å². The summed E-state index contributed by atoms with van der Waals surface area (Å²) < 4.78 is 0. The Morgan fingerprint density at radius 3 is 2.33 bits per heavy atom. The molecule has 3 aliphatic carbocycles. The second-order valence-corrected chi connectivity index (χ2v) is 8.21. The average Bonchev–Trinajstić information content (AvgIpc) is 2.55. The summed E-state index contributed by atoms with van der Waals surface area (Å²) in [6, 6.07) is 0. The third kappa shape index (κ3) is 3.11. The number of rotatable bonds is 5. The van der Waals surface area contributed by atoms with Crippen LogP contribution in [0.5, 0.6) is 0 Å². The van der Waals surface area contributed by atoms with Gasteiger partial charge in [0.15, 0.2) is 5.78 Å². The first-order valence-corrected chi connectivity index (χ1v) is 9.92. The maximum atomic E-state index is 13.0. The fourth-order valence-electron chi connectivity index (χ4n) is 5.64. The summed E-state index contributed by atoms with van der Waals surface area (Å²) in [4.78, 5) is 43.2. The van der Waals surface area contributed by atoms with Crippen LogP contribution in [-0.4, -0.2) is 29.7 Å². The Labute approximate surface area is 160 Å². The zero-order valence-electron chi connectivity index (χ0n) is 17.0. The molecule has 5 nitrogen and oxygen atoms in total. The van der Waals surface area contributed by atoms with E-state index in [9.17, 15) is 14.4 Å². The van der Waals surface area contributed by atoms with Crippen molar-refractivity contribution in [1.82, 2.24) is 0 Å². The van der Waals surface area contributed by atoms with Crippen LogP contribution < -0.4 is 0 Å². The van der Waals surface area contributed by atoms with Crippen molar-refractivity contribution >= 4 is 23.1 Å². The summed E-state index contributed by atoms with van der Waals surface area (Å²) in [6.07, 6.45) is 2.97. The third-order valence-electron chi connectivity index (χ3n) is 6.40. The molecule has 0 saturated heterocycles. The molecule has 1 atom stereocenters. The molecule has 2 saturated carbocycles. The zero-order valence-corrected chi connectivity index (χ0v) is 17.0. The van der Waals surface area contributed by atoms with E-state index in [-0.39, 0.29) is 22.8 Å². The molecule has 0 aliphatic heterocycles. The Balaban J connectivity index is 1.93. The van der Waals surface area contributed by atoms with Crippen molar-refractivity contribution in [3.8, 4) is 0 Å². The van der Waals surface area contributed by atoms with Crippen LogP contribution in [0.25, 0.3) is 0 Å². The molecule has 5 heteroatoms. The molecule has 0 aromatic rings. The Bertz CT molecular complexity index is 781. The van der Waals surface area contributed by atoms with Crippen LogP contribution in [0.15, 0.2) is 27.4 Å². The molecular weight excluding hydrogens is 342 g/mol. The van der Waals surface area contributed by atoms with E-state index >= 15 is 0 Å². The van der Waals surface area contributed by atoms with Crippen molar-refractivity contribution in [1.29, 1.82) is 0 Å². The van der Waals surface area contributed by atoms with Crippen molar-refractivity contribution in [3.05, 3.63) is 22.3 Å². The smallest absolute Gasteiger partial charge is 0.160 e. The number of allylic oxidation sites excluding steroid dienone is 4. The maximum Gasteiger partial charge on any atom is 0.160 e. The van der Waals surface area contributed by atoms with Crippen molar-refractivity contribution in [2.24, 2.45) is 22.4 Å². The lowest BCUT2D eigenvalue weighted by Gasteiger charge is -2.55. The van der Waals surface area contributed by atoms with Gasteiger partial charge in [-0.3, -0.25) is 14.4 Å². The fraction of sp³-hybridized carbons (Fsp3) is 0.636. The van der Waals surface area contributed by atoms with E-state index in [4.69, 9.17) is 4.84 Å². The average molecular weight is 371 g/mol. The van der Waals surface area contributed by atoms with E-state index in [1.165, 1.54) is 5.57 Å². The molecule has 0 N–H and O–H groups in total. The Hall–Kier alpha value is -2.04. The highest BCUT2D eigenvalue weighted by atomic mass is 16.6. The van der Waals surface area contributed by atoms with E-state index in [1.54, 1.807) is 6.92 Å². The van der Waals surface area contributed by atoms with Gasteiger partial charge < -0.3 is 4.84 Å². The van der Waals surface area contributed by atoms with Gasteiger partial charge in [-0.1, -0.05) is 23.2 Å². The number of fused-ring (bicyclic) bond motifs is 2. The highest BCUT2D eigenvalue weighted by Crippen LogP contribution is 2.63. The molecule has 0 aromatic carbocycles. The molecule has 0 amide bonds. The fourth-order valence-corrected chi connectivity index (χ4v) is 5.64. The van der Waals surface area contributed by atoms with Gasteiger partial charge in [0.25, 0.3) is 0 Å². The lowest BCUT2D eigenvalue weighted by molar-refractivity contribution is -0.138. The summed E-state index contributed by atoms with van der Waals surface area (Å²) >= 11 is 0. The first-order chi connectivity index (χ1) is 12.8. The zero-order chi connectivity index (χ0) is 19.9. The number of hydrogen-bond donors (Lipinski definition) is 0. The summed E-state index contributed by atoms with van der Waals surface area (Å²) in [5, 5.41) is 4.03. The molecule has 3 rings (SSSR count). The minimum atomic E-state index is -0.764. The van der Waals surface area contributed by atoms with Crippen LogP contribution in [0, 0.1) is 17.3 Å². The molecule has 2 fully saturated rings. The molecule has 3 aliphatic rings. The molecule has 1 unspecified atom stereocenters. The molecule has 27 heavy (non-hydrogen) atoms. The number of oxime groups is 1. The number of hydrogen-bond acceptors (Lipinski definition) is 5. The van der Waals surface area contributed by atoms with Gasteiger partial charge in [0, 0.05) is 23.8 Å². The van der Waals surface area contributed by atoms with E-state index in [0.717, 1.165) is 29.6 Å². The predicted octanol–water partition coefficient (Wildman–Crippen LogP) is 3.97. The number of carbonyl (C=O) groups is 3. The van der Waals surface area contributed by atoms with Crippen LogP contribution in [-0.2, 0) is 19.2 Å². The van der Waals surface area contributed by atoms with E-state index in [2.05, 4.69) is 5.16 Å².